The van der Waals surface area contributed by atoms with Gasteiger partial charge in [0, 0.05) is 13.6 Å². The molecule has 64 valence electrons. The van der Waals surface area contributed by atoms with E-state index in [9.17, 15) is 0 Å². The van der Waals surface area contributed by atoms with Gasteiger partial charge in [-0.05, 0) is 6.92 Å². The van der Waals surface area contributed by atoms with E-state index < -0.39 is 0 Å². The summed E-state index contributed by atoms with van der Waals surface area (Å²) >= 11 is 0. The Hall–Kier alpha value is -0.700. The van der Waals surface area contributed by atoms with E-state index in [4.69, 9.17) is 4.74 Å². The molecule has 1 atom stereocenters. The second-order valence-corrected chi connectivity index (χ2v) is 2.81. The number of nitrogens with one attached hydrogen (secondary N) is 1. The van der Waals surface area contributed by atoms with Crippen molar-refractivity contribution in [2.75, 3.05) is 26.8 Å². The second kappa shape index (κ2) is 3.62. The number of hydrogen-bond acceptors (Lipinski definition) is 3. The fourth-order valence-corrected chi connectivity index (χ4v) is 1.27. The Labute approximate surface area is 68.0 Å². The van der Waals surface area contributed by atoms with E-state index in [0.717, 1.165) is 25.6 Å². The molecule has 1 fully saturated rings. The maximum atomic E-state index is 5.30. The first kappa shape index (κ1) is 8.40. The van der Waals surface area contributed by atoms with Crippen LogP contribution < -0.4 is 5.32 Å². The molecule has 11 heavy (non-hydrogen) atoms. The summed E-state index contributed by atoms with van der Waals surface area (Å²) in [5.74, 6) is 0.987. The molecule has 0 bridgehead atoms. The SMILES string of the molecule is C=C(NC)N1CCOC[C@@H]1C. The average Bonchev–Trinajstić information content (AvgIpc) is 2.04. The van der Waals surface area contributed by atoms with Gasteiger partial charge in [0.15, 0.2) is 0 Å². The van der Waals surface area contributed by atoms with Crippen LogP contribution in [0.25, 0.3) is 0 Å². The van der Waals surface area contributed by atoms with E-state index in [2.05, 4.69) is 23.7 Å². The van der Waals surface area contributed by atoms with Crippen molar-refractivity contribution in [2.24, 2.45) is 0 Å². The average molecular weight is 156 g/mol. The standard InChI is InChI=1S/C8H16N2O/c1-7-6-11-5-4-10(7)8(2)9-3/h7,9H,2,4-6H2,1,3H3/t7-/m0/s1. The Kier molecular flexibility index (Phi) is 2.76. The van der Waals surface area contributed by atoms with Gasteiger partial charge in [0.25, 0.3) is 0 Å². The molecule has 1 heterocycles. The van der Waals surface area contributed by atoms with Crippen molar-refractivity contribution in [1.82, 2.24) is 10.2 Å². The number of hydrogen-bond donors (Lipinski definition) is 1. The molecule has 0 aliphatic carbocycles. The lowest BCUT2D eigenvalue weighted by atomic mass is 10.2. The molecule has 3 heteroatoms. The maximum Gasteiger partial charge on any atom is 0.0940 e. The highest BCUT2D eigenvalue weighted by Gasteiger charge is 2.18. The molecule has 0 unspecified atom stereocenters. The van der Waals surface area contributed by atoms with Gasteiger partial charge in [0.1, 0.15) is 0 Å². The van der Waals surface area contributed by atoms with Crippen molar-refractivity contribution in [3.63, 3.8) is 0 Å². The van der Waals surface area contributed by atoms with Crippen molar-refractivity contribution in [3.8, 4) is 0 Å². The molecule has 0 spiro atoms. The summed E-state index contributed by atoms with van der Waals surface area (Å²) in [4.78, 5) is 2.23. The van der Waals surface area contributed by atoms with Crippen LogP contribution in [0, 0.1) is 0 Å². The monoisotopic (exact) mass is 156 g/mol. The van der Waals surface area contributed by atoms with Gasteiger partial charge >= 0.3 is 0 Å². The van der Waals surface area contributed by atoms with Crippen LogP contribution in [0.15, 0.2) is 12.4 Å². The molecule has 1 aliphatic rings. The number of nitrogens with zero attached hydrogens (tertiary/aromatic N) is 1. The van der Waals surface area contributed by atoms with Gasteiger partial charge in [-0.1, -0.05) is 6.58 Å². The fraction of sp³-hybridized carbons (Fsp3) is 0.750. The molecule has 1 N–H and O–H groups in total. The molecule has 0 aromatic heterocycles. The molecule has 0 amide bonds. The first-order valence-electron chi connectivity index (χ1n) is 3.96. The van der Waals surface area contributed by atoms with E-state index in [-0.39, 0.29) is 0 Å². The van der Waals surface area contributed by atoms with Crippen LogP contribution in [0.1, 0.15) is 6.92 Å². The maximum absolute atomic E-state index is 5.30. The lowest BCUT2D eigenvalue weighted by Gasteiger charge is -2.36. The van der Waals surface area contributed by atoms with Gasteiger partial charge < -0.3 is 15.0 Å². The van der Waals surface area contributed by atoms with Crippen molar-refractivity contribution >= 4 is 0 Å². The van der Waals surface area contributed by atoms with Crippen LogP contribution >= 0.6 is 0 Å². The molecule has 0 saturated carbocycles. The third kappa shape index (κ3) is 1.87. The summed E-state index contributed by atoms with van der Waals surface area (Å²) in [7, 11) is 1.89. The van der Waals surface area contributed by atoms with Crippen molar-refractivity contribution in [1.29, 1.82) is 0 Å². The zero-order valence-corrected chi connectivity index (χ0v) is 7.26. The Bertz CT molecular complexity index is 147. The van der Waals surface area contributed by atoms with E-state index in [1.54, 1.807) is 0 Å². The highest BCUT2D eigenvalue weighted by molar-refractivity contribution is 4.93. The quantitative estimate of drug-likeness (QED) is 0.626. The minimum absolute atomic E-state index is 0.448. The summed E-state index contributed by atoms with van der Waals surface area (Å²) in [5.41, 5.74) is 0. The third-order valence-corrected chi connectivity index (χ3v) is 2.00. The first-order chi connectivity index (χ1) is 5.25. The van der Waals surface area contributed by atoms with Crippen LogP contribution in [-0.4, -0.2) is 37.7 Å². The van der Waals surface area contributed by atoms with E-state index in [0.29, 0.717) is 6.04 Å². The first-order valence-corrected chi connectivity index (χ1v) is 3.96. The van der Waals surface area contributed by atoms with Crippen LogP contribution in [0.2, 0.25) is 0 Å². The number of rotatable bonds is 2. The molecule has 0 aromatic carbocycles. The van der Waals surface area contributed by atoms with E-state index >= 15 is 0 Å². The summed E-state index contributed by atoms with van der Waals surface area (Å²) in [5, 5.41) is 3.04. The van der Waals surface area contributed by atoms with Gasteiger partial charge in [0.05, 0.1) is 25.1 Å². The highest BCUT2D eigenvalue weighted by Crippen LogP contribution is 2.09. The Balaban J connectivity index is 2.47. The van der Waals surface area contributed by atoms with Crippen molar-refractivity contribution in [2.45, 2.75) is 13.0 Å². The number of ether oxygens (including phenoxy) is 1. The summed E-state index contributed by atoms with van der Waals surface area (Å²) in [6, 6.07) is 0.448. The minimum Gasteiger partial charge on any atom is -0.377 e. The Morgan fingerprint density at radius 1 is 1.73 bits per heavy atom. The lowest BCUT2D eigenvalue weighted by Crippen LogP contribution is -2.45. The third-order valence-electron chi connectivity index (χ3n) is 2.00. The molecule has 1 aliphatic heterocycles. The van der Waals surface area contributed by atoms with Gasteiger partial charge in [0.2, 0.25) is 0 Å². The molecular weight excluding hydrogens is 140 g/mol. The molecule has 0 aromatic rings. The second-order valence-electron chi connectivity index (χ2n) is 2.81. The van der Waals surface area contributed by atoms with Gasteiger partial charge in [-0.3, -0.25) is 0 Å². The van der Waals surface area contributed by atoms with Crippen molar-refractivity contribution < 1.29 is 4.74 Å². The highest BCUT2D eigenvalue weighted by atomic mass is 16.5. The smallest absolute Gasteiger partial charge is 0.0940 e. The molecular formula is C8H16N2O. The zero-order valence-electron chi connectivity index (χ0n) is 7.26. The summed E-state index contributed by atoms with van der Waals surface area (Å²) in [6.07, 6.45) is 0. The zero-order chi connectivity index (χ0) is 8.27. The topological polar surface area (TPSA) is 24.5 Å². The fourth-order valence-electron chi connectivity index (χ4n) is 1.27. The molecule has 3 nitrogen and oxygen atoms in total. The Morgan fingerprint density at radius 2 is 2.45 bits per heavy atom. The van der Waals surface area contributed by atoms with E-state index in [1.807, 2.05) is 7.05 Å². The predicted octanol–water partition coefficient (Wildman–Crippen LogP) is 0.398. The molecule has 1 saturated heterocycles. The van der Waals surface area contributed by atoms with Gasteiger partial charge in [-0.25, -0.2) is 0 Å². The van der Waals surface area contributed by atoms with Crippen LogP contribution in [0.5, 0.6) is 0 Å². The normalized spacial score (nSPS) is 24.9. The summed E-state index contributed by atoms with van der Waals surface area (Å²) in [6.45, 7) is 8.61. The van der Waals surface area contributed by atoms with E-state index in [1.165, 1.54) is 0 Å². The van der Waals surface area contributed by atoms with Gasteiger partial charge in [-0.15, -0.1) is 0 Å². The van der Waals surface area contributed by atoms with Crippen LogP contribution in [0.4, 0.5) is 0 Å². The lowest BCUT2D eigenvalue weighted by molar-refractivity contribution is 0.0143. The molecule has 0 radical (unpaired) electrons. The van der Waals surface area contributed by atoms with Gasteiger partial charge in [-0.2, -0.15) is 0 Å². The molecule has 1 rings (SSSR count). The Morgan fingerprint density at radius 3 is 3.00 bits per heavy atom. The van der Waals surface area contributed by atoms with Crippen molar-refractivity contribution in [3.05, 3.63) is 12.4 Å². The number of morpholine rings is 1. The summed E-state index contributed by atoms with van der Waals surface area (Å²) < 4.78 is 5.30. The van der Waals surface area contributed by atoms with Crippen LogP contribution in [0.3, 0.4) is 0 Å². The van der Waals surface area contributed by atoms with Crippen LogP contribution in [-0.2, 0) is 4.74 Å². The minimum atomic E-state index is 0.448. The predicted molar refractivity (Wildman–Crippen MR) is 45.2 cm³/mol. The largest absolute Gasteiger partial charge is 0.377 e.